The third-order valence-corrected chi connectivity index (χ3v) is 4.80. The van der Waals surface area contributed by atoms with Crippen LogP contribution in [0, 0.1) is 0 Å². The largest absolute Gasteiger partial charge is 0.491 e. The van der Waals surface area contributed by atoms with E-state index in [4.69, 9.17) is 9.47 Å². The molecule has 3 rings (SSSR count). The number of nitrogens with zero attached hydrogens (tertiary/aromatic N) is 1. The van der Waals surface area contributed by atoms with E-state index in [0.717, 1.165) is 18.5 Å². The maximum absolute atomic E-state index is 12.5. The average molecular weight is 412 g/mol. The van der Waals surface area contributed by atoms with Crippen LogP contribution in [0.4, 0.5) is 11.4 Å². The quantitative estimate of drug-likeness (QED) is 0.619. The standard InChI is InChI=1S/C23H29N3O4/c1-2-3-14-30-21-7-5-4-6-20(21)25-22(27)17-24-19-10-8-18(9-11-19)23(28)26-12-15-29-16-13-26/h4-11,24H,2-3,12-17H2,1H3,(H,25,27). The number of benzene rings is 2. The van der Waals surface area contributed by atoms with Gasteiger partial charge in [-0.1, -0.05) is 25.5 Å². The summed E-state index contributed by atoms with van der Waals surface area (Å²) >= 11 is 0. The van der Waals surface area contributed by atoms with Gasteiger partial charge in [-0.3, -0.25) is 9.59 Å². The Morgan fingerprint density at radius 1 is 1.07 bits per heavy atom. The number of morpholine rings is 1. The molecule has 0 spiro atoms. The number of ether oxygens (including phenoxy) is 2. The molecule has 7 nitrogen and oxygen atoms in total. The van der Waals surface area contributed by atoms with E-state index >= 15 is 0 Å². The number of amides is 2. The second kappa shape index (κ2) is 11.2. The van der Waals surface area contributed by atoms with Crippen LogP contribution in [-0.2, 0) is 9.53 Å². The summed E-state index contributed by atoms with van der Waals surface area (Å²) in [6.07, 6.45) is 2.02. The predicted molar refractivity (Wildman–Crippen MR) is 117 cm³/mol. The summed E-state index contributed by atoms with van der Waals surface area (Å²) in [6.45, 7) is 5.22. The molecule has 7 heteroatoms. The lowest BCUT2D eigenvalue weighted by Crippen LogP contribution is -2.40. The number of para-hydroxylation sites is 2. The van der Waals surface area contributed by atoms with Crippen LogP contribution >= 0.6 is 0 Å². The second-order valence-corrected chi connectivity index (χ2v) is 7.08. The number of nitrogens with one attached hydrogen (secondary N) is 2. The highest BCUT2D eigenvalue weighted by Crippen LogP contribution is 2.24. The van der Waals surface area contributed by atoms with Gasteiger partial charge in [0.1, 0.15) is 5.75 Å². The maximum atomic E-state index is 12.5. The van der Waals surface area contributed by atoms with Crippen LogP contribution in [0.5, 0.6) is 5.75 Å². The molecule has 0 aliphatic carbocycles. The minimum absolute atomic E-state index is 0.00210. The number of hydrogen-bond donors (Lipinski definition) is 2. The normalized spacial score (nSPS) is 13.6. The van der Waals surface area contributed by atoms with Crippen LogP contribution in [0.1, 0.15) is 30.1 Å². The summed E-state index contributed by atoms with van der Waals surface area (Å²) in [7, 11) is 0. The Bertz CT molecular complexity index is 833. The van der Waals surface area contributed by atoms with E-state index in [-0.39, 0.29) is 18.4 Å². The van der Waals surface area contributed by atoms with Crippen molar-refractivity contribution in [1.29, 1.82) is 0 Å². The van der Waals surface area contributed by atoms with E-state index in [1.54, 1.807) is 17.0 Å². The van der Waals surface area contributed by atoms with Crippen molar-refractivity contribution < 1.29 is 19.1 Å². The Hall–Kier alpha value is -3.06. The molecule has 30 heavy (non-hydrogen) atoms. The number of hydrogen-bond acceptors (Lipinski definition) is 5. The Labute approximate surface area is 177 Å². The molecule has 1 fully saturated rings. The first-order valence-corrected chi connectivity index (χ1v) is 10.4. The fourth-order valence-electron chi connectivity index (χ4n) is 3.08. The molecule has 2 amide bonds. The van der Waals surface area contributed by atoms with E-state index in [1.165, 1.54) is 0 Å². The van der Waals surface area contributed by atoms with Crippen LogP contribution in [0.15, 0.2) is 48.5 Å². The molecule has 0 unspecified atom stereocenters. The van der Waals surface area contributed by atoms with Gasteiger partial charge in [-0.05, 0) is 42.8 Å². The van der Waals surface area contributed by atoms with E-state index in [1.807, 2.05) is 36.4 Å². The smallest absolute Gasteiger partial charge is 0.254 e. The topological polar surface area (TPSA) is 79.9 Å². The van der Waals surface area contributed by atoms with Crippen LogP contribution < -0.4 is 15.4 Å². The molecule has 160 valence electrons. The summed E-state index contributed by atoms with van der Waals surface area (Å²) in [6, 6.07) is 14.6. The van der Waals surface area contributed by atoms with E-state index in [0.29, 0.717) is 49.9 Å². The molecule has 1 aliphatic rings. The summed E-state index contributed by atoms with van der Waals surface area (Å²) in [5.41, 5.74) is 2.06. The van der Waals surface area contributed by atoms with E-state index < -0.39 is 0 Å². The summed E-state index contributed by atoms with van der Waals surface area (Å²) in [5.74, 6) is 0.502. The van der Waals surface area contributed by atoms with Crippen molar-refractivity contribution in [3.05, 3.63) is 54.1 Å². The molecule has 2 aromatic rings. The van der Waals surface area contributed by atoms with Gasteiger partial charge in [0, 0.05) is 24.3 Å². The molecule has 0 bridgehead atoms. The monoisotopic (exact) mass is 411 g/mol. The Balaban J connectivity index is 1.50. The van der Waals surface area contributed by atoms with Gasteiger partial charge in [0.05, 0.1) is 32.1 Å². The van der Waals surface area contributed by atoms with Gasteiger partial charge in [-0.15, -0.1) is 0 Å². The lowest BCUT2D eigenvalue weighted by atomic mass is 10.1. The van der Waals surface area contributed by atoms with Crippen molar-refractivity contribution in [3.63, 3.8) is 0 Å². The predicted octanol–water partition coefficient (Wildman–Crippen LogP) is 3.39. The second-order valence-electron chi connectivity index (χ2n) is 7.08. The van der Waals surface area contributed by atoms with Crippen LogP contribution in [0.2, 0.25) is 0 Å². The zero-order chi connectivity index (χ0) is 21.2. The summed E-state index contributed by atoms with van der Waals surface area (Å²) in [5, 5.41) is 5.97. The first-order chi connectivity index (χ1) is 14.7. The highest BCUT2D eigenvalue weighted by molar-refractivity contribution is 5.96. The molecule has 0 atom stereocenters. The highest BCUT2D eigenvalue weighted by Gasteiger charge is 2.18. The summed E-state index contributed by atoms with van der Waals surface area (Å²) < 4.78 is 11.0. The van der Waals surface area contributed by atoms with Crippen molar-refractivity contribution >= 4 is 23.2 Å². The molecule has 2 aromatic carbocycles. The van der Waals surface area contributed by atoms with Crippen LogP contribution in [0.3, 0.4) is 0 Å². The SMILES string of the molecule is CCCCOc1ccccc1NC(=O)CNc1ccc(C(=O)N2CCOCC2)cc1. The molecule has 1 heterocycles. The number of carbonyl (C=O) groups excluding carboxylic acids is 2. The number of anilines is 2. The average Bonchev–Trinajstić information content (AvgIpc) is 2.79. The fraction of sp³-hybridized carbons (Fsp3) is 0.391. The molecule has 1 aliphatic heterocycles. The third-order valence-electron chi connectivity index (χ3n) is 4.80. The van der Waals surface area contributed by atoms with Crippen LogP contribution in [-0.4, -0.2) is 56.2 Å². The highest BCUT2D eigenvalue weighted by atomic mass is 16.5. The van der Waals surface area contributed by atoms with Gasteiger partial charge in [0.2, 0.25) is 5.91 Å². The fourth-order valence-corrected chi connectivity index (χ4v) is 3.08. The van der Waals surface area contributed by atoms with E-state index in [2.05, 4.69) is 17.6 Å². The minimum Gasteiger partial charge on any atom is -0.491 e. The molecular formula is C23H29N3O4. The Morgan fingerprint density at radius 2 is 1.80 bits per heavy atom. The van der Waals surface area contributed by atoms with Gasteiger partial charge >= 0.3 is 0 Å². The molecule has 1 saturated heterocycles. The van der Waals surface area contributed by atoms with Crippen molar-refractivity contribution in [3.8, 4) is 5.75 Å². The molecule has 0 aromatic heterocycles. The molecule has 0 saturated carbocycles. The van der Waals surface area contributed by atoms with Gasteiger partial charge in [0.25, 0.3) is 5.91 Å². The van der Waals surface area contributed by atoms with Gasteiger partial charge in [-0.2, -0.15) is 0 Å². The van der Waals surface area contributed by atoms with Crippen molar-refractivity contribution in [2.75, 3.05) is 50.1 Å². The number of carbonyl (C=O) groups is 2. The zero-order valence-corrected chi connectivity index (χ0v) is 17.4. The van der Waals surface area contributed by atoms with Gasteiger partial charge < -0.3 is 25.0 Å². The van der Waals surface area contributed by atoms with Crippen molar-refractivity contribution in [1.82, 2.24) is 4.90 Å². The van der Waals surface area contributed by atoms with Crippen molar-refractivity contribution in [2.24, 2.45) is 0 Å². The Kier molecular flexibility index (Phi) is 8.09. The van der Waals surface area contributed by atoms with Gasteiger partial charge in [0.15, 0.2) is 0 Å². The lowest BCUT2D eigenvalue weighted by Gasteiger charge is -2.26. The summed E-state index contributed by atoms with van der Waals surface area (Å²) in [4.78, 5) is 26.6. The first kappa shape index (κ1) is 21.6. The molecular weight excluding hydrogens is 382 g/mol. The van der Waals surface area contributed by atoms with E-state index in [9.17, 15) is 9.59 Å². The molecule has 0 radical (unpaired) electrons. The number of unbranched alkanes of at least 4 members (excludes halogenated alkanes) is 1. The zero-order valence-electron chi connectivity index (χ0n) is 17.4. The number of rotatable bonds is 9. The first-order valence-electron chi connectivity index (χ1n) is 10.4. The van der Waals surface area contributed by atoms with Gasteiger partial charge in [-0.25, -0.2) is 0 Å². The Morgan fingerprint density at radius 3 is 2.53 bits per heavy atom. The lowest BCUT2D eigenvalue weighted by molar-refractivity contribution is -0.114. The maximum Gasteiger partial charge on any atom is 0.254 e. The third kappa shape index (κ3) is 6.22. The van der Waals surface area contributed by atoms with Crippen LogP contribution in [0.25, 0.3) is 0 Å². The van der Waals surface area contributed by atoms with Crippen molar-refractivity contribution in [2.45, 2.75) is 19.8 Å². The minimum atomic E-state index is -0.171. The molecule has 2 N–H and O–H groups in total.